The van der Waals surface area contributed by atoms with Gasteiger partial charge >= 0.3 is 5.97 Å². The van der Waals surface area contributed by atoms with Gasteiger partial charge in [-0.1, -0.05) is 30.9 Å². The minimum Gasteiger partial charge on any atom is -0.481 e. The van der Waals surface area contributed by atoms with Gasteiger partial charge < -0.3 is 9.52 Å². The molecule has 0 aliphatic heterocycles. The average Bonchev–Trinajstić information content (AvgIpc) is 2.76. The molecule has 4 nitrogen and oxygen atoms in total. The minimum absolute atomic E-state index is 0.568. The molecule has 0 spiro atoms. The Hall–Kier alpha value is -2.10. The first-order chi connectivity index (χ1) is 7.65. The second kappa shape index (κ2) is 5.70. The van der Waals surface area contributed by atoms with Gasteiger partial charge in [0.1, 0.15) is 5.76 Å². The summed E-state index contributed by atoms with van der Waals surface area (Å²) >= 11 is 0. The second-order valence-electron chi connectivity index (χ2n) is 3.20. The van der Waals surface area contributed by atoms with Crippen molar-refractivity contribution in [3.05, 3.63) is 49.2 Å². The van der Waals surface area contributed by atoms with Crippen molar-refractivity contribution < 1.29 is 14.3 Å². The van der Waals surface area contributed by atoms with Crippen molar-refractivity contribution in [2.45, 2.75) is 6.92 Å². The summed E-state index contributed by atoms with van der Waals surface area (Å²) in [5.74, 6) is -1.04. The fourth-order valence-electron chi connectivity index (χ4n) is 1.17. The van der Waals surface area contributed by atoms with E-state index in [9.17, 15) is 4.79 Å². The lowest BCUT2D eigenvalue weighted by Gasteiger charge is -2.02. The van der Waals surface area contributed by atoms with Crippen LogP contribution in [-0.2, 0) is 4.79 Å². The standard InChI is InChI=1S/C12H13NO3/c1-3-4-5-10(12(14)15)6-9(2)11-7-13-8-16-11/h3-8,10H,1H2,2H3,(H,14,15)/b5-4?,9-6+. The Kier molecular flexibility index (Phi) is 4.27. The molecule has 0 saturated carbocycles. The van der Waals surface area contributed by atoms with E-state index in [-0.39, 0.29) is 0 Å². The van der Waals surface area contributed by atoms with Gasteiger partial charge in [0.05, 0.1) is 12.1 Å². The number of allylic oxidation sites excluding steroid dienone is 3. The monoisotopic (exact) mass is 219 g/mol. The quantitative estimate of drug-likeness (QED) is 0.773. The molecule has 1 heterocycles. The number of carboxylic acids is 1. The first-order valence-electron chi connectivity index (χ1n) is 4.74. The third-order valence-electron chi connectivity index (χ3n) is 1.99. The Balaban J connectivity index is 2.89. The van der Waals surface area contributed by atoms with E-state index < -0.39 is 11.9 Å². The van der Waals surface area contributed by atoms with Crippen LogP contribution in [0.2, 0.25) is 0 Å². The van der Waals surface area contributed by atoms with E-state index in [1.165, 1.54) is 12.5 Å². The molecule has 1 aromatic rings. The predicted molar refractivity (Wildman–Crippen MR) is 60.6 cm³/mol. The lowest BCUT2D eigenvalue weighted by atomic mass is 10.0. The van der Waals surface area contributed by atoms with Gasteiger partial charge in [-0.15, -0.1) is 0 Å². The van der Waals surface area contributed by atoms with Crippen LogP contribution >= 0.6 is 0 Å². The zero-order valence-electron chi connectivity index (χ0n) is 8.96. The predicted octanol–water partition coefficient (Wildman–Crippen LogP) is 2.52. The zero-order valence-corrected chi connectivity index (χ0v) is 8.96. The molecule has 0 aliphatic rings. The first kappa shape index (κ1) is 12.0. The SMILES string of the molecule is C=CC=CC(/C=C(\C)c1cnco1)C(=O)O. The van der Waals surface area contributed by atoms with Gasteiger partial charge in [-0.25, -0.2) is 4.98 Å². The number of nitrogens with zero attached hydrogens (tertiary/aromatic N) is 1. The number of hydrogen-bond acceptors (Lipinski definition) is 3. The first-order valence-corrected chi connectivity index (χ1v) is 4.74. The van der Waals surface area contributed by atoms with Crippen molar-refractivity contribution in [2.75, 3.05) is 0 Å². The minimum atomic E-state index is -0.919. The largest absolute Gasteiger partial charge is 0.481 e. The lowest BCUT2D eigenvalue weighted by molar-refractivity contribution is -0.138. The van der Waals surface area contributed by atoms with Gasteiger partial charge in [0, 0.05) is 0 Å². The zero-order chi connectivity index (χ0) is 12.0. The molecule has 0 aliphatic carbocycles. The Morgan fingerprint density at radius 2 is 2.44 bits per heavy atom. The third kappa shape index (κ3) is 3.24. The summed E-state index contributed by atoms with van der Waals surface area (Å²) in [5.41, 5.74) is 0.735. The van der Waals surface area contributed by atoms with E-state index in [1.807, 2.05) is 0 Å². The highest BCUT2D eigenvalue weighted by Gasteiger charge is 2.11. The molecule has 1 aromatic heterocycles. The second-order valence-corrected chi connectivity index (χ2v) is 3.20. The number of rotatable bonds is 5. The van der Waals surface area contributed by atoms with E-state index in [4.69, 9.17) is 9.52 Å². The van der Waals surface area contributed by atoms with Crippen molar-refractivity contribution in [1.29, 1.82) is 0 Å². The summed E-state index contributed by atoms with van der Waals surface area (Å²) in [6.45, 7) is 5.27. The molecule has 0 radical (unpaired) electrons. The Morgan fingerprint density at radius 1 is 1.69 bits per heavy atom. The molecule has 1 rings (SSSR count). The maximum absolute atomic E-state index is 10.9. The van der Waals surface area contributed by atoms with Gasteiger partial charge in [-0.05, 0) is 12.5 Å². The molecule has 0 amide bonds. The molecule has 1 atom stereocenters. The van der Waals surface area contributed by atoms with Gasteiger partial charge in [-0.2, -0.15) is 0 Å². The Bertz CT molecular complexity index is 415. The van der Waals surface area contributed by atoms with Crippen molar-refractivity contribution >= 4 is 11.5 Å². The maximum atomic E-state index is 10.9. The third-order valence-corrected chi connectivity index (χ3v) is 1.99. The molecule has 0 saturated heterocycles. The van der Waals surface area contributed by atoms with Crippen molar-refractivity contribution in [3.63, 3.8) is 0 Å². The Labute approximate surface area is 93.6 Å². The average molecular weight is 219 g/mol. The Morgan fingerprint density at radius 3 is 2.94 bits per heavy atom. The molecule has 1 unspecified atom stereocenters. The molecule has 0 bridgehead atoms. The molecule has 0 aromatic carbocycles. The topological polar surface area (TPSA) is 63.3 Å². The molecule has 16 heavy (non-hydrogen) atoms. The molecular weight excluding hydrogens is 206 g/mol. The van der Waals surface area contributed by atoms with Gasteiger partial charge in [0.25, 0.3) is 0 Å². The van der Waals surface area contributed by atoms with Crippen molar-refractivity contribution in [3.8, 4) is 0 Å². The number of carbonyl (C=O) groups is 1. The summed E-state index contributed by atoms with van der Waals surface area (Å²) in [4.78, 5) is 14.7. The van der Waals surface area contributed by atoms with Crippen LogP contribution in [0.1, 0.15) is 12.7 Å². The number of oxazole rings is 1. The summed E-state index contributed by atoms with van der Waals surface area (Å²) in [6, 6.07) is 0. The van der Waals surface area contributed by atoms with Crippen LogP contribution in [0.25, 0.3) is 5.57 Å². The highest BCUT2D eigenvalue weighted by Crippen LogP contribution is 2.16. The van der Waals surface area contributed by atoms with E-state index in [1.54, 1.807) is 31.3 Å². The summed E-state index contributed by atoms with van der Waals surface area (Å²) in [7, 11) is 0. The highest BCUT2D eigenvalue weighted by atomic mass is 16.4. The van der Waals surface area contributed by atoms with E-state index in [0.717, 1.165) is 5.57 Å². The molecule has 84 valence electrons. The number of aromatic nitrogens is 1. The van der Waals surface area contributed by atoms with Crippen LogP contribution in [0.3, 0.4) is 0 Å². The van der Waals surface area contributed by atoms with Crippen molar-refractivity contribution in [2.24, 2.45) is 5.92 Å². The van der Waals surface area contributed by atoms with E-state index >= 15 is 0 Å². The molecule has 0 fully saturated rings. The van der Waals surface area contributed by atoms with Crippen LogP contribution in [0.15, 0.2) is 47.9 Å². The van der Waals surface area contributed by atoms with Crippen LogP contribution in [0.5, 0.6) is 0 Å². The summed E-state index contributed by atoms with van der Waals surface area (Å²) in [6.07, 6.45) is 9.14. The number of aliphatic carboxylic acids is 1. The highest BCUT2D eigenvalue weighted by molar-refractivity contribution is 5.77. The van der Waals surface area contributed by atoms with Gasteiger partial charge in [0.15, 0.2) is 6.39 Å². The van der Waals surface area contributed by atoms with E-state index in [2.05, 4.69) is 11.6 Å². The molecule has 4 heteroatoms. The van der Waals surface area contributed by atoms with Gasteiger partial charge in [-0.3, -0.25) is 4.79 Å². The van der Waals surface area contributed by atoms with Crippen molar-refractivity contribution in [1.82, 2.24) is 4.98 Å². The maximum Gasteiger partial charge on any atom is 0.314 e. The smallest absolute Gasteiger partial charge is 0.314 e. The summed E-state index contributed by atoms with van der Waals surface area (Å²) < 4.78 is 5.06. The van der Waals surface area contributed by atoms with Crippen LogP contribution in [-0.4, -0.2) is 16.1 Å². The fraction of sp³-hybridized carbons (Fsp3) is 0.167. The molecular formula is C12H13NO3. The normalized spacial score (nSPS) is 13.9. The molecule has 1 N–H and O–H groups in total. The fourth-order valence-corrected chi connectivity index (χ4v) is 1.17. The number of hydrogen-bond donors (Lipinski definition) is 1. The van der Waals surface area contributed by atoms with Crippen LogP contribution < -0.4 is 0 Å². The summed E-state index contributed by atoms with van der Waals surface area (Å²) in [5, 5.41) is 8.97. The van der Waals surface area contributed by atoms with Crippen LogP contribution in [0.4, 0.5) is 0 Å². The van der Waals surface area contributed by atoms with E-state index in [0.29, 0.717) is 5.76 Å². The lowest BCUT2D eigenvalue weighted by Crippen LogP contribution is -2.08. The van der Waals surface area contributed by atoms with Gasteiger partial charge in [0.2, 0.25) is 0 Å². The number of carboxylic acid groups (broad SMARTS) is 1. The van der Waals surface area contributed by atoms with Crippen LogP contribution in [0, 0.1) is 5.92 Å².